The summed E-state index contributed by atoms with van der Waals surface area (Å²) in [5.41, 5.74) is 4.99. The molecule has 0 atom stereocenters. The summed E-state index contributed by atoms with van der Waals surface area (Å²) in [5.74, 6) is 0.179. The van der Waals surface area contributed by atoms with Gasteiger partial charge in [0, 0.05) is 18.0 Å². The highest BCUT2D eigenvalue weighted by Gasteiger charge is 2.22. The molecule has 0 unspecified atom stereocenters. The lowest BCUT2D eigenvalue weighted by molar-refractivity contribution is -0.115. The number of benzene rings is 2. The fraction of sp³-hybridized carbons (Fsp3) is 0.182. The Morgan fingerprint density at radius 2 is 1.93 bits per heavy atom. The summed E-state index contributed by atoms with van der Waals surface area (Å²) >= 11 is 2.83. The Kier molecular flexibility index (Phi) is 5.96. The first-order valence-electron chi connectivity index (χ1n) is 9.40. The summed E-state index contributed by atoms with van der Waals surface area (Å²) in [4.78, 5) is 19.7. The summed E-state index contributed by atoms with van der Waals surface area (Å²) in [6.07, 6.45) is 1.62. The molecule has 0 saturated heterocycles. The number of hydrogen-bond donors (Lipinski definition) is 0. The molecule has 6 nitrogen and oxygen atoms in total. The number of anilines is 2. The molecule has 1 amide bonds. The van der Waals surface area contributed by atoms with Crippen LogP contribution < -0.4 is 4.90 Å². The van der Waals surface area contributed by atoms with Crippen LogP contribution in [0.3, 0.4) is 0 Å². The summed E-state index contributed by atoms with van der Waals surface area (Å²) in [6.45, 7) is 4.07. The van der Waals surface area contributed by atoms with Gasteiger partial charge in [0.15, 0.2) is 10.3 Å². The molecule has 0 saturated carbocycles. The second-order valence-corrected chi connectivity index (χ2v) is 8.74. The molecule has 8 heteroatoms. The highest BCUT2D eigenvalue weighted by molar-refractivity contribution is 7.99. The first kappa shape index (κ1) is 20.3. The van der Waals surface area contributed by atoms with Crippen molar-refractivity contribution < 1.29 is 4.79 Å². The van der Waals surface area contributed by atoms with Crippen LogP contribution in [0.2, 0.25) is 0 Å². The minimum Gasteiger partial charge on any atom is -0.312 e. The van der Waals surface area contributed by atoms with Crippen molar-refractivity contribution in [3.05, 3.63) is 71.4 Å². The average Bonchev–Trinajstić information content (AvgIpc) is 3.37. The summed E-state index contributed by atoms with van der Waals surface area (Å²) in [6, 6.07) is 16.1. The van der Waals surface area contributed by atoms with Crippen LogP contribution in [-0.4, -0.2) is 31.4 Å². The summed E-state index contributed by atoms with van der Waals surface area (Å²) < 4.78 is 1.80. The molecular formula is C22H21N5OS2. The molecule has 2 heterocycles. The van der Waals surface area contributed by atoms with Gasteiger partial charge in [0.1, 0.15) is 6.33 Å². The molecule has 152 valence electrons. The van der Waals surface area contributed by atoms with Crippen LogP contribution in [0.1, 0.15) is 11.1 Å². The van der Waals surface area contributed by atoms with Gasteiger partial charge in [0.25, 0.3) is 0 Å². The van der Waals surface area contributed by atoms with E-state index in [9.17, 15) is 4.79 Å². The van der Waals surface area contributed by atoms with Gasteiger partial charge < -0.3 is 4.57 Å². The second kappa shape index (κ2) is 8.81. The van der Waals surface area contributed by atoms with Gasteiger partial charge in [0.2, 0.25) is 5.91 Å². The third kappa shape index (κ3) is 4.44. The number of carbonyl (C=O) groups is 1. The number of thiazole rings is 1. The van der Waals surface area contributed by atoms with Crippen molar-refractivity contribution >= 4 is 39.8 Å². The number of aromatic nitrogens is 4. The monoisotopic (exact) mass is 435 g/mol. The predicted octanol–water partition coefficient (Wildman–Crippen LogP) is 5.01. The number of carbonyl (C=O) groups excluding carboxylic acids is 1. The van der Waals surface area contributed by atoms with Gasteiger partial charge in [-0.25, -0.2) is 4.98 Å². The van der Waals surface area contributed by atoms with Crippen LogP contribution in [-0.2, 0) is 11.8 Å². The molecule has 30 heavy (non-hydrogen) atoms. The Labute approximate surface area is 183 Å². The third-order valence-electron chi connectivity index (χ3n) is 4.53. The molecule has 2 aromatic heterocycles. The van der Waals surface area contributed by atoms with Gasteiger partial charge in [-0.05, 0) is 31.5 Å². The molecule has 0 aliphatic carbocycles. The maximum atomic E-state index is 13.3. The van der Waals surface area contributed by atoms with E-state index in [-0.39, 0.29) is 11.7 Å². The molecule has 4 rings (SSSR count). The SMILES string of the molecule is Cc1ccc(-c2csc(N(C(=O)CSc3nncn3C)c3cccc(C)c3)n2)cc1. The van der Waals surface area contributed by atoms with Gasteiger partial charge in [-0.2, -0.15) is 0 Å². The number of nitrogens with zero attached hydrogens (tertiary/aromatic N) is 5. The quantitative estimate of drug-likeness (QED) is 0.398. The average molecular weight is 436 g/mol. The van der Waals surface area contributed by atoms with E-state index >= 15 is 0 Å². The lowest BCUT2D eigenvalue weighted by Gasteiger charge is -2.20. The van der Waals surface area contributed by atoms with Crippen LogP contribution in [0.5, 0.6) is 0 Å². The Morgan fingerprint density at radius 1 is 1.13 bits per heavy atom. The maximum Gasteiger partial charge on any atom is 0.243 e. The molecule has 0 fully saturated rings. The van der Waals surface area contributed by atoms with E-state index in [1.165, 1.54) is 28.7 Å². The zero-order chi connectivity index (χ0) is 21.1. The maximum absolute atomic E-state index is 13.3. The van der Waals surface area contributed by atoms with E-state index < -0.39 is 0 Å². The van der Waals surface area contributed by atoms with Gasteiger partial charge in [-0.15, -0.1) is 21.5 Å². The van der Waals surface area contributed by atoms with Gasteiger partial charge in [0.05, 0.1) is 17.1 Å². The normalized spacial score (nSPS) is 10.9. The minimum absolute atomic E-state index is 0.0570. The minimum atomic E-state index is -0.0570. The molecule has 0 spiro atoms. The van der Waals surface area contributed by atoms with E-state index in [1.807, 2.05) is 43.6 Å². The van der Waals surface area contributed by atoms with E-state index in [1.54, 1.807) is 15.8 Å². The van der Waals surface area contributed by atoms with Crippen LogP contribution in [0.15, 0.2) is 65.4 Å². The zero-order valence-corrected chi connectivity index (χ0v) is 18.6. The van der Waals surface area contributed by atoms with Crippen molar-refractivity contribution in [3.8, 4) is 11.3 Å². The highest BCUT2D eigenvalue weighted by atomic mass is 32.2. The highest BCUT2D eigenvalue weighted by Crippen LogP contribution is 2.33. The van der Waals surface area contributed by atoms with Crippen LogP contribution >= 0.6 is 23.1 Å². The molecule has 0 N–H and O–H groups in total. The van der Waals surface area contributed by atoms with E-state index in [2.05, 4.69) is 41.4 Å². The molecule has 0 aliphatic heterocycles. The largest absolute Gasteiger partial charge is 0.312 e. The first-order valence-corrected chi connectivity index (χ1v) is 11.3. The van der Waals surface area contributed by atoms with Crippen LogP contribution in [0.25, 0.3) is 11.3 Å². The molecule has 4 aromatic rings. The Bertz CT molecular complexity index is 1170. The third-order valence-corrected chi connectivity index (χ3v) is 6.38. The van der Waals surface area contributed by atoms with E-state index in [4.69, 9.17) is 4.98 Å². The smallest absolute Gasteiger partial charge is 0.243 e. The second-order valence-electron chi connectivity index (χ2n) is 6.96. The summed E-state index contributed by atoms with van der Waals surface area (Å²) in [5, 5.41) is 11.3. The molecule has 0 aliphatic rings. The number of hydrogen-bond acceptors (Lipinski definition) is 6. The van der Waals surface area contributed by atoms with Crippen LogP contribution in [0, 0.1) is 13.8 Å². The lowest BCUT2D eigenvalue weighted by Crippen LogP contribution is -2.27. The Morgan fingerprint density at radius 3 is 2.63 bits per heavy atom. The van der Waals surface area contributed by atoms with Crippen molar-refractivity contribution in [1.29, 1.82) is 0 Å². The number of thioether (sulfide) groups is 1. The lowest BCUT2D eigenvalue weighted by atomic mass is 10.1. The summed E-state index contributed by atoms with van der Waals surface area (Å²) in [7, 11) is 1.86. The van der Waals surface area contributed by atoms with Gasteiger partial charge in [-0.1, -0.05) is 53.7 Å². The van der Waals surface area contributed by atoms with E-state index in [0.717, 1.165) is 22.5 Å². The zero-order valence-electron chi connectivity index (χ0n) is 16.9. The first-order chi connectivity index (χ1) is 14.5. The Balaban J connectivity index is 1.64. The van der Waals surface area contributed by atoms with Crippen molar-refractivity contribution in [2.45, 2.75) is 19.0 Å². The number of amides is 1. The molecular weight excluding hydrogens is 414 g/mol. The molecule has 2 aromatic carbocycles. The Hall–Kier alpha value is -2.97. The predicted molar refractivity (Wildman–Crippen MR) is 122 cm³/mol. The fourth-order valence-electron chi connectivity index (χ4n) is 2.95. The van der Waals surface area contributed by atoms with Crippen LogP contribution in [0.4, 0.5) is 10.8 Å². The van der Waals surface area contributed by atoms with Crippen molar-refractivity contribution in [2.75, 3.05) is 10.7 Å². The topological polar surface area (TPSA) is 63.9 Å². The van der Waals surface area contributed by atoms with E-state index in [0.29, 0.717) is 10.3 Å². The van der Waals surface area contributed by atoms with Gasteiger partial charge in [-0.3, -0.25) is 9.69 Å². The molecule has 0 radical (unpaired) electrons. The van der Waals surface area contributed by atoms with Crippen molar-refractivity contribution in [3.63, 3.8) is 0 Å². The number of aryl methyl sites for hydroxylation is 3. The van der Waals surface area contributed by atoms with Crippen molar-refractivity contribution in [2.24, 2.45) is 7.05 Å². The standard InChI is InChI=1S/C22H21N5OS2/c1-15-7-9-17(10-8-15)19-12-29-21(24-19)27(18-6-4-5-16(2)11-18)20(28)13-30-22-25-23-14-26(22)3/h4-12,14H,13H2,1-3H3. The van der Waals surface area contributed by atoms with Crippen molar-refractivity contribution in [1.82, 2.24) is 19.7 Å². The fourth-order valence-corrected chi connectivity index (χ4v) is 4.55. The van der Waals surface area contributed by atoms with Gasteiger partial charge >= 0.3 is 0 Å². The number of rotatable bonds is 6. The molecule has 0 bridgehead atoms.